The molecule has 2 rings (SSSR count). The molecule has 0 fully saturated rings. The SMILES string of the molecule is CC(C)(C)[N]1c2cn(C(C)(C)C)cc2[N](C(C)(C)C)[Ge]1([Cl])[Cl]. The molecule has 0 amide bonds. The Morgan fingerprint density at radius 3 is 1.23 bits per heavy atom. The fraction of sp³-hybridized carbons (Fsp3) is 0.750. The Morgan fingerprint density at radius 1 is 0.682 bits per heavy atom. The van der Waals surface area contributed by atoms with E-state index in [2.05, 4.69) is 87.0 Å². The summed E-state index contributed by atoms with van der Waals surface area (Å²) in [5, 5.41) is 0. The third-order valence-electron chi connectivity index (χ3n) is 3.92. The van der Waals surface area contributed by atoms with Crippen molar-refractivity contribution in [1.29, 1.82) is 0 Å². The molecule has 22 heavy (non-hydrogen) atoms. The van der Waals surface area contributed by atoms with Crippen LogP contribution in [-0.4, -0.2) is 27.5 Å². The number of rotatable bonds is 0. The van der Waals surface area contributed by atoms with Crippen molar-refractivity contribution in [3.05, 3.63) is 12.4 Å². The van der Waals surface area contributed by atoms with Crippen molar-refractivity contribution in [2.75, 3.05) is 7.71 Å². The van der Waals surface area contributed by atoms with Crippen LogP contribution in [0.2, 0.25) is 0 Å². The van der Waals surface area contributed by atoms with Gasteiger partial charge in [-0.25, -0.2) is 0 Å². The molecular weight excluding hydrogens is 378 g/mol. The minimum absolute atomic E-state index is 0.0335. The Balaban J connectivity index is 2.71. The molecule has 0 saturated carbocycles. The number of anilines is 2. The summed E-state index contributed by atoms with van der Waals surface area (Å²) in [4.78, 5) is 0. The van der Waals surface area contributed by atoms with Gasteiger partial charge in [-0.2, -0.15) is 0 Å². The van der Waals surface area contributed by atoms with E-state index in [0.29, 0.717) is 0 Å². The topological polar surface area (TPSA) is 11.4 Å². The van der Waals surface area contributed by atoms with Gasteiger partial charge in [0.1, 0.15) is 0 Å². The zero-order chi connectivity index (χ0) is 17.3. The van der Waals surface area contributed by atoms with Gasteiger partial charge in [0.2, 0.25) is 0 Å². The van der Waals surface area contributed by atoms with Crippen molar-refractivity contribution < 1.29 is 0 Å². The van der Waals surface area contributed by atoms with Gasteiger partial charge < -0.3 is 0 Å². The van der Waals surface area contributed by atoms with Gasteiger partial charge in [-0.3, -0.25) is 0 Å². The first-order valence-corrected chi connectivity index (χ1v) is 15.2. The number of fused-ring (bicyclic) bond motifs is 1. The van der Waals surface area contributed by atoms with Crippen LogP contribution in [0.1, 0.15) is 62.3 Å². The summed E-state index contributed by atoms with van der Waals surface area (Å²) >= 11 is -3.40. The quantitative estimate of drug-likeness (QED) is 0.536. The first-order valence-electron chi connectivity index (χ1n) is 7.79. The molecule has 0 radical (unpaired) electrons. The number of halogens is 2. The van der Waals surface area contributed by atoms with Gasteiger partial charge in [-0.15, -0.1) is 0 Å². The maximum absolute atomic E-state index is 7.04. The Bertz CT molecular complexity index is 532. The van der Waals surface area contributed by atoms with Gasteiger partial charge in [0, 0.05) is 0 Å². The van der Waals surface area contributed by atoms with Crippen LogP contribution in [-0.2, 0) is 5.54 Å². The van der Waals surface area contributed by atoms with E-state index in [4.69, 9.17) is 20.0 Å². The van der Waals surface area contributed by atoms with Gasteiger partial charge in [0.15, 0.2) is 0 Å². The molecule has 3 nitrogen and oxygen atoms in total. The molecule has 0 unspecified atom stereocenters. The number of nitrogens with zero attached hydrogens (tertiary/aromatic N) is 3. The van der Waals surface area contributed by atoms with Crippen LogP contribution in [0.4, 0.5) is 11.4 Å². The van der Waals surface area contributed by atoms with Crippen LogP contribution in [0.25, 0.3) is 0 Å². The standard InChI is InChI=1S/C16H29Cl2GeN3/c1-14(2,3)20-10-12-13(11-20)22(16(7,8)9)19(17,18)21(12)15(4,5)6/h10-11H,1-9H3. The third-order valence-corrected chi connectivity index (χ3v) is 13.5. The molecule has 6 heteroatoms. The van der Waals surface area contributed by atoms with Crippen molar-refractivity contribution in [2.45, 2.75) is 78.9 Å². The molecule has 0 atom stereocenters. The Labute approximate surface area is 146 Å². The maximum atomic E-state index is 7.04. The van der Waals surface area contributed by atoms with Crippen molar-refractivity contribution in [2.24, 2.45) is 0 Å². The van der Waals surface area contributed by atoms with Crippen molar-refractivity contribution >= 4 is 43.2 Å². The van der Waals surface area contributed by atoms with Gasteiger partial charge in [0.25, 0.3) is 0 Å². The van der Waals surface area contributed by atoms with Crippen molar-refractivity contribution in [1.82, 2.24) is 4.57 Å². The van der Waals surface area contributed by atoms with Crippen molar-refractivity contribution in [3.8, 4) is 0 Å². The molecule has 0 aromatic carbocycles. The van der Waals surface area contributed by atoms with Crippen LogP contribution >= 0.6 is 20.0 Å². The molecule has 0 bridgehead atoms. The monoisotopic (exact) mass is 407 g/mol. The zero-order valence-electron chi connectivity index (χ0n) is 15.3. The van der Waals surface area contributed by atoms with Crippen LogP contribution in [0.3, 0.4) is 0 Å². The Morgan fingerprint density at radius 2 is 1.00 bits per heavy atom. The first-order chi connectivity index (χ1) is 9.58. The molecule has 2 heterocycles. The molecule has 0 saturated heterocycles. The van der Waals surface area contributed by atoms with E-state index in [9.17, 15) is 0 Å². The summed E-state index contributed by atoms with van der Waals surface area (Å²) in [6.07, 6.45) is 4.41. The van der Waals surface area contributed by atoms with E-state index >= 15 is 0 Å². The Hall–Kier alpha value is 0.00286. The molecule has 1 aliphatic rings. The second kappa shape index (κ2) is 5.00. The molecule has 0 aliphatic carbocycles. The second-order valence-electron chi connectivity index (χ2n) is 9.13. The summed E-state index contributed by atoms with van der Waals surface area (Å²) in [6.45, 7) is 19.7. The van der Waals surface area contributed by atoms with Gasteiger partial charge in [0.05, 0.1) is 0 Å². The van der Waals surface area contributed by atoms with Crippen LogP contribution in [0.5, 0.6) is 0 Å². The van der Waals surface area contributed by atoms with E-state index in [1.165, 1.54) is 11.4 Å². The number of hydrogen-bond acceptors (Lipinski definition) is 2. The number of hydrogen-bond donors (Lipinski definition) is 0. The van der Waals surface area contributed by atoms with Crippen LogP contribution in [0.15, 0.2) is 12.4 Å². The van der Waals surface area contributed by atoms with Crippen molar-refractivity contribution in [3.63, 3.8) is 0 Å². The molecule has 1 aromatic rings. The predicted molar refractivity (Wildman–Crippen MR) is 101 cm³/mol. The summed E-state index contributed by atoms with van der Waals surface area (Å²) in [5.74, 6) is 0. The van der Waals surface area contributed by atoms with E-state index in [-0.39, 0.29) is 16.6 Å². The fourth-order valence-corrected chi connectivity index (χ4v) is 16.0. The summed E-state index contributed by atoms with van der Waals surface area (Å²) < 4.78 is 6.85. The first kappa shape index (κ1) is 18.3. The number of aromatic nitrogens is 1. The normalized spacial score (nSPS) is 18.9. The van der Waals surface area contributed by atoms with Gasteiger partial charge in [-0.05, 0) is 0 Å². The average molecular weight is 407 g/mol. The predicted octanol–water partition coefficient (Wildman–Crippen LogP) is 5.38. The van der Waals surface area contributed by atoms with E-state index in [1.54, 1.807) is 0 Å². The molecule has 0 N–H and O–H groups in total. The minimum atomic E-state index is -3.40. The second-order valence-corrected chi connectivity index (χ2v) is 19.6. The zero-order valence-corrected chi connectivity index (χ0v) is 18.9. The summed E-state index contributed by atoms with van der Waals surface area (Å²) in [7, 11) is 14.1. The molecule has 126 valence electrons. The summed E-state index contributed by atoms with van der Waals surface area (Å²) in [6, 6.07) is 0. The molecule has 1 aliphatic heterocycles. The third kappa shape index (κ3) is 2.89. The fourth-order valence-electron chi connectivity index (χ4n) is 3.08. The van der Waals surface area contributed by atoms with Gasteiger partial charge in [-0.1, -0.05) is 0 Å². The van der Waals surface area contributed by atoms with E-state index < -0.39 is 11.9 Å². The van der Waals surface area contributed by atoms with E-state index in [1.807, 2.05) is 0 Å². The molecular formula is C16H29Cl2GeN3. The van der Waals surface area contributed by atoms with E-state index in [0.717, 1.165) is 0 Å². The summed E-state index contributed by atoms with van der Waals surface area (Å²) in [5.41, 5.74) is 2.15. The van der Waals surface area contributed by atoms with Gasteiger partial charge >= 0.3 is 147 Å². The van der Waals surface area contributed by atoms with Crippen LogP contribution in [0, 0.1) is 0 Å². The molecule has 1 aromatic heterocycles. The Kier molecular flexibility index (Phi) is 4.17. The van der Waals surface area contributed by atoms with Crippen LogP contribution < -0.4 is 7.71 Å². The molecule has 0 spiro atoms. The average Bonchev–Trinajstić information content (AvgIpc) is 2.63.